The van der Waals surface area contributed by atoms with Crippen LogP contribution >= 0.6 is 24.8 Å². The minimum absolute atomic E-state index is 0. The average molecular weight is 464 g/mol. The lowest BCUT2D eigenvalue weighted by molar-refractivity contribution is 0.355. The number of hydrogen-bond donors (Lipinski definition) is 1. The van der Waals surface area contributed by atoms with E-state index in [4.69, 9.17) is 14.5 Å². The van der Waals surface area contributed by atoms with Crippen LogP contribution in [0, 0.1) is 6.92 Å². The fraction of sp³-hybridized carbons (Fsp3) is 0.458. The molecule has 7 heteroatoms. The summed E-state index contributed by atoms with van der Waals surface area (Å²) in [6, 6.07) is 12.1. The second-order valence-corrected chi connectivity index (χ2v) is 8.58. The zero-order valence-electron chi connectivity index (χ0n) is 18.5. The number of benzene rings is 2. The van der Waals surface area contributed by atoms with Gasteiger partial charge in [-0.2, -0.15) is 0 Å². The third-order valence-electron chi connectivity index (χ3n) is 6.79. The molecule has 2 unspecified atom stereocenters. The van der Waals surface area contributed by atoms with Gasteiger partial charge in [0.15, 0.2) is 11.5 Å². The molecule has 31 heavy (non-hydrogen) atoms. The summed E-state index contributed by atoms with van der Waals surface area (Å²) in [7, 11) is 5.43. The van der Waals surface area contributed by atoms with Crippen molar-refractivity contribution in [2.45, 2.75) is 50.6 Å². The maximum atomic E-state index is 5.49. The number of halogens is 2. The first-order valence-corrected chi connectivity index (χ1v) is 10.5. The standard InChI is InChI=1S/C24H29N3O2.2ClH/c1-14-9-16(17-10-18-6-7-19(11-17)25-18)12-20-23(14)26-24(27(20)2)15-5-8-21(28-3)22(13-15)29-4;;/h5,8-9,12-13,17-19,25H,6-7,10-11H2,1-4H3;2*1H. The summed E-state index contributed by atoms with van der Waals surface area (Å²) in [6.45, 7) is 2.19. The van der Waals surface area contributed by atoms with Crippen LogP contribution in [0.4, 0.5) is 0 Å². The average Bonchev–Trinajstić information content (AvgIpc) is 3.26. The van der Waals surface area contributed by atoms with Crippen molar-refractivity contribution in [3.05, 3.63) is 41.5 Å². The molecule has 2 saturated heterocycles. The lowest BCUT2D eigenvalue weighted by Gasteiger charge is -2.29. The maximum absolute atomic E-state index is 5.49. The van der Waals surface area contributed by atoms with E-state index in [0.717, 1.165) is 28.4 Å². The lowest BCUT2D eigenvalue weighted by Crippen LogP contribution is -2.37. The Morgan fingerprint density at radius 3 is 2.29 bits per heavy atom. The molecule has 2 aromatic carbocycles. The quantitative estimate of drug-likeness (QED) is 0.561. The first kappa shape index (κ1) is 23.7. The van der Waals surface area contributed by atoms with Crippen LogP contribution in [0.1, 0.15) is 42.7 Å². The molecule has 2 fully saturated rings. The topological polar surface area (TPSA) is 48.3 Å². The SMILES string of the molecule is COc1ccc(-c2nc3c(C)cc(C4CC5CCC(C4)N5)cc3n2C)cc1OC.Cl.Cl. The zero-order valence-corrected chi connectivity index (χ0v) is 20.1. The summed E-state index contributed by atoms with van der Waals surface area (Å²) in [6.07, 6.45) is 5.17. The van der Waals surface area contributed by atoms with Crippen LogP contribution in [-0.2, 0) is 7.05 Å². The van der Waals surface area contributed by atoms with Gasteiger partial charge in [0.05, 0.1) is 25.3 Å². The van der Waals surface area contributed by atoms with Gasteiger partial charge in [-0.3, -0.25) is 0 Å². The number of hydrogen-bond acceptors (Lipinski definition) is 4. The molecule has 3 aromatic rings. The van der Waals surface area contributed by atoms with Crippen LogP contribution in [0.3, 0.4) is 0 Å². The smallest absolute Gasteiger partial charge is 0.161 e. The zero-order chi connectivity index (χ0) is 20.1. The number of methoxy groups -OCH3 is 2. The minimum atomic E-state index is 0. The molecule has 1 N–H and O–H groups in total. The van der Waals surface area contributed by atoms with E-state index in [0.29, 0.717) is 18.0 Å². The lowest BCUT2D eigenvalue weighted by atomic mass is 9.85. The van der Waals surface area contributed by atoms with Gasteiger partial charge in [0.2, 0.25) is 0 Å². The molecule has 0 saturated carbocycles. The van der Waals surface area contributed by atoms with Crippen LogP contribution in [0.25, 0.3) is 22.4 Å². The molecule has 5 rings (SSSR count). The third-order valence-corrected chi connectivity index (χ3v) is 6.79. The van der Waals surface area contributed by atoms with E-state index < -0.39 is 0 Å². The summed E-state index contributed by atoms with van der Waals surface area (Å²) < 4.78 is 13.1. The number of rotatable bonds is 4. The molecule has 0 radical (unpaired) electrons. The highest BCUT2D eigenvalue weighted by Gasteiger charge is 2.34. The van der Waals surface area contributed by atoms with Crippen LogP contribution in [0.15, 0.2) is 30.3 Å². The number of fused-ring (bicyclic) bond motifs is 3. The van der Waals surface area contributed by atoms with Gasteiger partial charge in [0.1, 0.15) is 5.82 Å². The van der Waals surface area contributed by atoms with E-state index in [1.165, 1.54) is 42.3 Å². The Morgan fingerprint density at radius 2 is 1.65 bits per heavy atom. The fourth-order valence-corrected chi connectivity index (χ4v) is 5.28. The van der Waals surface area contributed by atoms with Gasteiger partial charge in [-0.1, -0.05) is 6.07 Å². The summed E-state index contributed by atoms with van der Waals surface area (Å²) in [5, 5.41) is 3.76. The summed E-state index contributed by atoms with van der Waals surface area (Å²) in [4.78, 5) is 5.00. The van der Waals surface area contributed by atoms with Gasteiger partial charge in [-0.15, -0.1) is 24.8 Å². The predicted molar refractivity (Wildman–Crippen MR) is 130 cm³/mol. The largest absolute Gasteiger partial charge is 0.493 e. The first-order valence-electron chi connectivity index (χ1n) is 10.5. The number of piperidine rings is 1. The molecule has 0 amide bonds. The van der Waals surface area contributed by atoms with E-state index in [1.807, 2.05) is 18.2 Å². The van der Waals surface area contributed by atoms with E-state index in [1.54, 1.807) is 14.2 Å². The van der Waals surface area contributed by atoms with E-state index in [-0.39, 0.29) is 24.8 Å². The van der Waals surface area contributed by atoms with Crippen molar-refractivity contribution >= 4 is 35.8 Å². The van der Waals surface area contributed by atoms with Crippen molar-refractivity contribution in [1.29, 1.82) is 0 Å². The van der Waals surface area contributed by atoms with Crippen LogP contribution in [0.5, 0.6) is 11.5 Å². The number of imidazole rings is 1. The molecule has 168 valence electrons. The van der Waals surface area contributed by atoms with Crippen molar-refractivity contribution in [1.82, 2.24) is 14.9 Å². The normalized spacial score (nSPS) is 22.0. The van der Waals surface area contributed by atoms with Crippen LogP contribution < -0.4 is 14.8 Å². The molecule has 0 aliphatic carbocycles. The van der Waals surface area contributed by atoms with Crippen molar-refractivity contribution in [2.75, 3.05) is 14.2 Å². The third kappa shape index (κ3) is 4.11. The van der Waals surface area contributed by atoms with Crippen LogP contribution in [-0.4, -0.2) is 35.9 Å². The molecule has 2 atom stereocenters. The van der Waals surface area contributed by atoms with Crippen molar-refractivity contribution < 1.29 is 9.47 Å². The Morgan fingerprint density at radius 1 is 0.968 bits per heavy atom. The summed E-state index contributed by atoms with van der Waals surface area (Å²) in [5.74, 6) is 3.05. The van der Waals surface area contributed by atoms with Crippen LogP contribution in [0.2, 0.25) is 0 Å². The number of nitrogens with one attached hydrogen (secondary N) is 1. The Kier molecular flexibility index (Phi) is 7.09. The Bertz CT molecular complexity index is 1070. The summed E-state index contributed by atoms with van der Waals surface area (Å²) in [5.41, 5.74) is 6.04. The monoisotopic (exact) mass is 463 g/mol. The molecule has 2 bridgehead atoms. The number of aryl methyl sites for hydroxylation is 2. The van der Waals surface area contributed by atoms with E-state index in [9.17, 15) is 0 Å². The summed E-state index contributed by atoms with van der Waals surface area (Å²) >= 11 is 0. The fourth-order valence-electron chi connectivity index (χ4n) is 5.28. The number of aromatic nitrogens is 2. The minimum Gasteiger partial charge on any atom is -0.493 e. The first-order chi connectivity index (χ1) is 14.1. The van der Waals surface area contributed by atoms with Gasteiger partial charge < -0.3 is 19.4 Å². The molecule has 0 spiro atoms. The van der Waals surface area contributed by atoms with Gasteiger partial charge in [0.25, 0.3) is 0 Å². The molecule has 2 aliphatic heterocycles. The van der Waals surface area contributed by atoms with Gasteiger partial charge >= 0.3 is 0 Å². The Labute approximate surface area is 196 Å². The molecule has 1 aromatic heterocycles. The number of nitrogens with zero attached hydrogens (tertiary/aromatic N) is 2. The molecule has 2 aliphatic rings. The second-order valence-electron chi connectivity index (χ2n) is 8.58. The highest BCUT2D eigenvalue weighted by atomic mass is 35.5. The van der Waals surface area contributed by atoms with Gasteiger partial charge in [-0.05, 0) is 73.9 Å². The van der Waals surface area contributed by atoms with Crippen molar-refractivity contribution in [3.8, 4) is 22.9 Å². The maximum Gasteiger partial charge on any atom is 0.161 e. The highest BCUT2D eigenvalue weighted by Crippen LogP contribution is 2.39. The molecular weight excluding hydrogens is 433 g/mol. The van der Waals surface area contributed by atoms with Crippen molar-refractivity contribution in [3.63, 3.8) is 0 Å². The van der Waals surface area contributed by atoms with E-state index >= 15 is 0 Å². The second kappa shape index (κ2) is 9.27. The molecular formula is C24H31Cl2N3O2. The molecule has 3 heterocycles. The van der Waals surface area contributed by atoms with Gasteiger partial charge in [-0.25, -0.2) is 4.98 Å². The van der Waals surface area contributed by atoms with Crippen molar-refractivity contribution in [2.24, 2.45) is 7.05 Å². The predicted octanol–water partition coefficient (Wildman–Crippen LogP) is 5.41. The molecule has 5 nitrogen and oxygen atoms in total. The Balaban J connectivity index is 0.00000136. The van der Waals surface area contributed by atoms with Gasteiger partial charge in [0, 0.05) is 24.7 Å². The highest BCUT2D eigenvalue weighted by molar-refractivity contribution is 5.86. The van der Waals surface area contributed by atoms with E-state index in [2.05, 4.69) is 36.0 Å². The number of ether oxygens (including phenoxy) is 2. The Hall–Kier alpha value is -1.95.